The lowest BCUT2D eigenvalue weighted by Gasteiger charge is -2.12. The van der Waals surface area contributed by atoms with Gasteiger partial charge in [0.05, 0.1) is 17.8 Å². The number of carbonyl (C=O) groups is 1. The normalized spacial score (nSPS) is 19.2. The maximum atomic E-state index is 12.3. The predicted molar refractivity (Wildman–Crippen MR) is 69.0 cm³/mol. The molecule has 0 aliphatic carbocycles. The molecule has 2 rings (SSSR count). The summed E-state index contributed by atoms with van der Waals surface area (Å²) in [5.41, 5.74) is 6.46. The molecule has 0 fully saturated rings. The average molecular weight is 247 g/mol. The van der Waals surface area contributed by atoms with Gasteiger partial charge < -0.3 is 5.73 Å². The van der Waals surface area contributed by atoms with Gasteiger partial charge in [-0.3, -0.25) is 9.78 Å². The summed E-state index contributed by atoms with van der Waals surface area (Å²) in [5, 5.41) is 5.72. The van der Waals surface area contributed by atoms with E-state index in [1.807, 2.05) is 0 Å². The molecule has 1 unspecified atom stereocenters. The van der Waals surface area contributed by atoms with Gasteiger partial charge in [0.2, 0.25) is 0 Å². The molecule has 1 amide bonds. The second-order valence-electron chi connectivity index (χ2n) is 4.18. The van der Waals surface area contributed by atoms with Crippen LogP contribution in [0.4, 0.5) is 5.82 Å². The van der Waals surface area contributed by atoms with Crippen LogP contribution in [-0.4, -0.2) is 28.1 Å². The summed E-state index contributed by atoms with van der Waals surface area (Å²) in [6, 6.07) is 0. The van der Waals surface area contributed by atoms with E-state index in [-0.39, 0.29) is 11.8 Å². The zero-order chi connectivity index (χ0) is 13.0. The number of carbonyl (C=O) groups excluding carboxylic acids is 1. The van der Waals surface area contributed by atoms with Crippen LogP contribution < -0.4 is 10.7 Å². The van der Waals surface area contributed by atoms with Gasteiger partial charge in [-0.2, -0.15) is 10.1 Å². The highest BCUT2D eigenvalue weighted by atomic mass is 16.2. The number of aromatic nitrogens is 2. The van der Waals surface area contributed by atoms with Crippen LogP contribution in [-0.2, 0) is 4.79 Å². The molecule has 0 saturated heterocycles. The number of hydrogen-bond donors (Lipinski definition) is 1. The van der Waals surface area contributed by atoms with Crippen LogP contribution in [0.1, 0.15) is 26.2 Å². The third-order valence-electron chi connectivity index (χ3n) is 2.87. The summed E-state index contributed by atoms with van der Waals surface area (Å²) in [6.45, 7) is 2.55. The van der Waals surface area contributed by atoms with Gasteiger partial charge in [-0.05, 0) is 19.4 Å². The van der Waals surface area contributed by atoms with Crippen molar-refractivity contribution in [3.05, 3.63) is 18.6 Å². The molecule has 0 spiro atoms. The Labute approximate surface area is 106 Å². The van der Waals surface area contributed by atoms with Crippen molar-refractivity contribution < 1.29 is 4.79 Å². The van der Waals surface area contributed by atoms with Gasteiger partial charge in [-0.25, -0.2) is 4.98 Å². The van der Waals surface area contributed by atoms with Crippen LogP contribution in [0.15, 0.2) is 23.7 Å². The van der Waals surface area contributed by atoms with Crippen molar-refractivity contribution in [2.45, 2.75) is 26.2 Å². The van der Waals surface area contributed by atoms with Crippen molar-refractivity contribution in [3.8, 4) is 0 Å². The molecule has 0 bridgehead atoms. The Morgan fingerprint density at radius 2 is 2.28 bits per heavy atom. The molecule has 1 aliphatic heterocycles. The highest BCUT2D eigenvalue weighted by Gasteiger charge is 2.35. The van der Waals surface area contributed by atoms with Crippen molar-refractivity contribution in [2.24, 2.45) is 16.8 Å². The monoisotopic (exact) mass is 247 g/mol. The number of nitrogens with two attached hydrogens (primary N) is 1. The number of rotatable bonds is 5. The Hall–Kier alpha value is -1.82. The molecule has 2 heterocycles. The van der Waals surface area contributed by atoms with E-state index in [0.717, 1.165) is 18.6 Å². The summed E-state index contributed by atoms with van der Waals surface area (Å²) < 4.78 is 0. The fourth-order valence-electron chi connectivity index (χ4n) is 2.04. The van der Waals surface area contributed by atoms with E-state index in [1.54, 1.807) is 12.4 Å². The SMILES string of the molecule is CCCC1=NN(c2cnccn2)C(=O)C1CCN. The summed E-state index contributed by atoms with van der Waals surface area (Å²) in [7, 11) is 0. The third kappa shape index (κ3) is 2.38. The minimum atomic E-state index is -0.197. The lowest BCUT2D eigenvalue weighted by molar-refractivity contribution is -0.119. The molecular formula is C12H17N5O. The second kappa shape index (κ2) is 5.68. The molecule has 1 atom stereocenters. The maximum Gasteiger partial charge on any atom is 0.257 e. The summed E-state index contributed by atoms with van der Waals surface area (Å²) in [4.78, 5) is 20.3. The average Bonchev–Trinajstić information content (AvgIpc) is 2.70. The van der Waals surface area contributed by atoms with Gasteiger partial charge in [0.15, 0.2) is 5.82 Å². The van der Waals surface area contributed by atoms with Crippen molar-refractivity contribution in [1.82, 2.24) is 9.97 Å². The first-order valence-electron chi connectivity index (χ1n) is 6.15. The van der Waals surface area contributed by atoms with Crippen LogP contribution in [0.3, 0.4) is 0 Å². The summed E-state index contributed by atoms with van der Waals surface area (Å²) >= 11 is 0. The largest absolute Gasteiger partial charge is 0.330 e. The number of amides is 1. The first-order valence-corrected chi connectivity index (χ1v) is 6.15. The van der Waals surface area contributed by atoms with Crippen molar-refractivity contribution in [3.63, 3.8) is 0 Å². The molecule has 0 saturated carbocycles. The van der Waals surface area contributed by atoms with Gasteiger partial charge in [0.25, 0.3) is 5.91 Å². The number of nitrogens with zero attached hydrogens (tertiary/aromatic N) is 4. The molecule has 1 aromatic heterocycles. The fraction of sp³-hybridized carbons (Fsp3) is 0.500. The Morgan fingerprint density at radius 3 is 2.89 bits per heavy atom. The first kappa shape index (κ1) is 12.6. The molecule has 6 heteroatoms. The fourth-order valence-corrected chi connectivity index (χ4v) is 2.04. The molecule has 18 heavy (non-hydrogen) atoms. The lowest BCUT2D eigenvalue weighted by atomic mass is 9.96. The highest BCUT2D eigenvalue weighted by Crippen LogP contribution is 2.25. The number of anilines is 1. The Balaban J connectivity index is 2.25. The predicted octanol–water partition coefficient (Wildman–Crippen LogP) is 0.944. The standard InChI is InChI=1S/C12H17N5O/c1-2-3-10-9(4-5-13)12(18)17(16-10)11-8-14-6-7-15-11/h6-9H,2-5,13H2,1H3. The summed E-state index contributed by atoms with van der Waals surface area (Å²) in [6.07, 6.45) is 7.06. The third-order valence-corrected chi connectivity index (χ3v) is 2.87. The molecule has 1 aromatic rings. The molecule has 1 aliphatic rings. The van der Waals surface area contributed by atoms with Crippen molar-refractivity contribution >= 4 is 17.4 Å². The van der Waals surface area contributed by atoms with Gasteiger partial charge in [-0.1, -0.05) is 13.3 Å². The van der Waals surface area contributed by atoms with Crippen LogP contribution in [0.2, 0.25) is 0 Å². The maximum absolute atomic E-state index is 12.3. The zero-order valence-electron chi connectivity index (χ0n) is 10.4. The Bertz CT molecular complexity index is 445. The quantitative estimate of drug-likeness (QED) is 0.839. The van der Waals surface area contributed by atoms with Crippen molar-refractivity contribution in [1.29, 1.82) is 0 Å². The second-order valence-corrected chi connectivity index (χ2v) is 4.18. The van der Waals surface area contributed by atoms with E-state index in [1.165, 1.54) is 11.2 Å². The van der Waals surface area contributed by atoms with E-state index in [9.17, 15) is 4.79 Å². The minimum Gasteiger partial charge on any atom is -0.330 e. The van der Waals surface area contributed by atoms with Crippen LogP contribution in [0.5, 0.6) is 0 Å². The van der Waals surface area contributed by atoms with E-state index in [2.05, 4.69) is 22.0 Å². The molecule has 6 nitrogen and oxygen atoms in total. The van der Waals surface area contributed by atoms with E-state index in [0.29, 0.717) is 18.8 Å². The molecule has 2 N–H and O–H groups in total. The van der Waals surface area contributed by atoms with E-state index < -0.39 is 0 Å². The molecule has 0 radical (unpaired) electrons. The van der Waals surface area contributed by atoms with Gasteiger partial charge in [0, 0.05) is 12.4 Å². The van der Waals surface area contributed by atoms with Gasteiger partial charge >= 0.3 is 0 Å². The molecule has 0 aromatic carbocycles. The summed E-state index contributed by atoms with van der Waals surface area (Å²) in [5.74, 6) is 0.219. The molecular weight excluding hydrogens is 230 g/mol. The number of hydrogen-bond acceptors (Lipinski definition) is 5. The van der Waals surface area contributed by atoms with Crippen LogP contribution in [0, 0.1) is 5.92 Å². The number of hydrazone groups is 1. The van der Waals surface area contributed by atoms with Crippen LogP contribution >= 0.6 is 0 Å². The smallest absolute Gasteiger partial charge is 0.257 e. The topological polar surface area (TPSA) is 84.5 Å². The van der Waals surface area contributed by atoms with Crippen molar-refractivity contribution in [2.75, 3.05) is 11.6 Å². The minimum absolute atomic E-state index is 0.0515. The lowest BCUT2D eigenvalue weighted by Crippen LogP contribution is -2.29. The Morgan fingerprint density at radius 1 is 1.44 bits per heavy atom. The molecule has 96 valence electrons. The van der Waals surface area contributed by atoms with Crippen LogP contribution in [0.25, 0.3) is 0 Å². The Kier molecular flexibility index (Phi) is 3.99. The van der Waals surface area contributed by atoms with Gasteiger partial charge in [0.1, 0.15) is 0 Å². The highest BCUT2D eigenvalue weighted by molar-refractivity contribution is 6.15. The zero-order valence-corrected chi connectivity index (χ0v) is 10.4. The van der Waals surface area contributed by atoms with Gasteiger partial charge in [-0.15, -0.1) is 0 Å². The van der Waals surface area contributed by atoms with E-state index >= 15 is 0 Å². The first-order chi connectivity index (χ1) is 8.77. The van der Waals surface area contributed by atoms with E-state index in [4.69, 9.17) is 5.73 Å².